The first-order chi connectivity index (χ1) is 13.2. The highest BCUT2D eigenvalue weighted by atomic mass is 32.2. The van der Waals surface area contributed by atoms with Crippen molar-refractivity contribution in [2.24, 2.45) is 10.2 Å². The summed E-state index contributed by atoms with van der Waals surface area (Å²) in [7, 11) is 0. The average molecular weight is 380 g/mol. The van der Waals surface area contributed by atoms with Gasteiger partial charge >= 0.3 is 0 Å². The Bertz CT molecular complexity index is 892. The monoisotopic (exact) mass is 380 g/mol. The second kappa shape index (κ2) is 9.63. The first kappa shape index (κ1) is 18.8. The van der Waals surface area contributed by atoms with Gasteiger partial charge in [-0.15, -0.1) is 5.10 Å². The molecule has 0 fully saturated rings. The minimum Gasteiger partial charge on any atom is -0.325 e. The molecule has 1 aromatic heterocycles. The third-order valence-electron chi connectivity index (χ3n) is 3.52. The van der Waals surface area contributed by atoms with Crippen molar-refractivity contribution in [2.75, 3.05) is 11.1 Å². The lowest BCUT2D eigenvalue weighted by Gasteiger charge is -2.04. The number of aryl methyl sites for hydroxylation is 1. The molecule has 0 saturated carbocycles. The van der Waals surface area contributed by atoms with Crippen LogP contribution in [0.4, 0.5) is 17.1 Å². The Labute approximate surface area is 161 Å². The third kappa shape index (κ3) is 6.03. The number of carbonyl (C=O) groups excluding carboxylic acids is 1. The number of H-pyrrole nitrogens is 1. The van der Waals surface area contributed by atoms with Gasteiger partial charge in [-0.25, -0.2) is 4.98 Å². The highest BCUT2D eigenvalue weighted by Crippen LogP contribution is 2.20. The fourth-order valence-corrected chi connectivity index (χ4v) is 2.86. The molecule has 0 aliphatic rings. The number of hydrogen-bond acceptors (Lipinski definition) is 6. The molecule has 3 aromatic rings. The number of hydrogen-bond donors (Lipinski definition) is 2. The molecule has 0 radical (unpaired) electrons. The number of rotatable bonds is 8. The molecule has 7 nitrogen and oxygen atoms in total. The van der Waals surface area contributed by atoms with Crippen LogP contribution in [0.5, 0.6) is 0 Å². The molecule has 8 heteroatoms. The molecule has 0 unspecified atom stereocenters. The molecule has 2 aromatic carbocycles. The van der Waals surface area contributed by atoms with E-state index in [9.17, 15) is 4.79 Å². The zero-order chi connectivity index (χ0) is 18.9. The van der Waals surface area contributed by atoms with E-state index in [4.69, 9.17) is 0 Å². The Kier molecular flexibility index (Phi) is 6.70. The Balaban J connectivity index is 1.48. The minimum absolute atomic E-state index is 0.111. The van der Waals surface area contributed by atoms with Gasteiger partial charge in [0.25, 0.3) is 0 Å². The van der Waals surface area contributed by atoms with E-state index in [0.29, 0.717) is 10.8 Å². The van der Waals surface area contributed by atoms with Crippen molar-refractivity contribution in [3.63, 3.8) is 0 Å². The van der Waals surface area contributed by atoms with Crippen LogP contribution in [0.1, 0.15) is 19.2 Å². The third-order valence-corrected chi connectivity index (χ3v) is 4.37. The maximum Gasteiger partial charge on any atom is 0.234 e. The summed E-state index contributed by atoms with van der Waals surface area (Å²) in [5.74, 6) is 0.986. The predicted molar refractivity (Wildman–Crippen MR) is 107 cm³/mol. The summed E-state index contributed by atoms with van der Waals surface area (Å²) >= 11 is 1.30. The quantitative estimate of drug-likeness (QED) is 0.429. The number of aromatic amines is 1. The molecule has 2 N–H and O–H groups in total. The van der Waals surface area contributed by atoms with E-state index in [-0.39, 0.29) is 11.7 Å². The van der Waals surface area contributed by atoms with Crippen molar-refractivity contribution in [3.8, 4) is 0 Å². The first-order valence-corrected chi connectivity index (χ1v) is 9.62. The Morgan fingerprint density at radius 2 is 1.78 bits per heavy atom. The van der Waals surface area contributed by atoms with Crippen molar-refractivity contribution in [1.29, 1.82) is 0 Å². The second-order valence-electron chi connectivity index (χ2n) is 5.73. The number of azo groups is 1. The van der Waals surface area contributed by atoms with Crippen LogP contribution in [0.3, 0.4) is 0 Å². The molecule has 3 rings (SSSR count). The van der Waals surface area contributed by atoms with Gasteiger partial charge < -0.3 is 5.32 Å². The van der Waals surface area contributed by atoms with Gasteiger partial charge in [0.15, 0.2) is 0 Å². The van der Waals surface area contributed by atoms with Gasteiger partial charge in [-0.3, -0.25) is 9.89 Å². The molecule has 0 saturated heterocycles. The maximum atomic E-state index is 12.1. The van der Waals surface area contributed by atoms with Crippen LogP contribution >= 0.6 is 11.8 Å². The van der Waals surface area contributed by atoms with Gasteiger partial charge in [0.05, 0.1) is 17.1 Å². The topological polar surface area (TPSA) is 95.4 Å². The standard InChI is InChI=1S/C19H20N6OS/c1-2-6-17-21-19(25-24-17)27-13-18(26)20-14-9-11-16(12-10-14)23-22-15-7-4-3-5-8-15/h3-5,7-12H,2,6,13H2,1H3,(H,20,26)(H,21,24,25). The number of nitrogens with zero attached hydrogens (tertiary/aromatic N) is 4. The van der Waals surface area contributed by atoms with E-state index in [1.54, 1.807) is 12.1 Å². The molecule has 1 amide bonds. The van der Waals surface area contributed by atoms with E-state index >= 15 is 0 Å². The number of aromatic nitrogens is 3. The van der Waals surface area contributed by atoms with E-state index in [0.717, 1.165) is 30.0 Å². The molecule has 0 bridgehead atoms. The molecule has 0 aliphatic carbocycles. The first-order valence-electron chi connectivity index (χ1n) is 8.63. The molecule has 0 atom stereocenters. The summed E-state index contributed by atoms with van der Waals surface area (Å²) in [6.07, 6.45) is 1.86. The van der Waals surface area contributed by atoms with Crippen LogP contribution in [0.2, 0.25) is 0 Å². The Morgan fingerprint density at radius 3 is 2.48 bits per heavy atom. The van der Waals surface area contributed by atoms with Crippen LogP contribution in [0.25, 0.3) is 0 Å². The van der Waals surface area contributed by atoms with Crippen molar-refractivity contribution in [2.45, 2.75) is 24.9 Å². The molecule has 1 heterocycles. The van der Waals surface area contributed by atoms with E-state index in [2.05, 4.69) is 37.7 Å². The number of carbonyl (C=O) groups is 1. The molecule has 138 valence electrons. The largest absolute Gasteiger partial charge is 0.325 e. The second-order valence-corrected chi connectivity index (χ2v) is 6.68. The number of anilines is 1. The lowest BCUT2D eigenvalue weighted by atomic mass is 10.3. The normalized spacial score (nSPS) is 11.0. The van der Waals surface area contributed by atoms with E-state index in [1.807, 2.05) is 42.5 Å². The van der Waals surface area contributed by atoms with Gasteiger partial charge in [-0.1, -0.05) is 36.9 Å². The van der Waals surface area contributed by atoms with Gasteiger partial charge in [-0.2, -0.15) is 10.2 Å². The highest BCUT2D eigenvalue weighted by molar-refractivity contribution is 7.99. The summed E-state index contributed by atoms with van der Waals surface area (Å²) in [6.45, 7) is 2.08. The fourth-order valence-electron chi connectivity index (χ4n) is 2.24. The van der Waals surface area contributed by atoms with Crippen molar-refractivity contribution < 1.29 is 4.79 Å². The summed E-state index contributed by atoms with van der Waals surface area (Å²) in [4.78, 5) is 16.4. The Morgan fingerprint density at radius 1 is 1.07 bits per heavy atom. The van der Waals surface area contributed by atoms with Gasteiger partial charge in [0.1, 0.15) is 5.82 Å². The van der Waals surface area contributed by atoms with Crippen LogP contribution in [-0.2, 0) is 11.2 Å². The van der Waals surface area contributed by atoms with Crippen molar-refractivity contribution in [3.05, 3.63) is 60.4 Å². The molecule has 27 heavy (non-hydrogen) atoms. The zero-order valence-electron chi connectivity index (χ0n) is 14.9. The van der Waals surface area contributed by atoms with Crippen LogP contribution in [-0.4, -0.2) is 26.8 Å². The van der Waals surface area contributed by atoms with Crippen molar-refractivity contribution in [1.82, 2.24) is 15.2 Å². The average Bonchev–Trinajstić information content (AvgIpc) is 3.15. The summed E-state index contributed by atoms with van der Waals surface area (Å²) < 4.78 is 0. The van der Waals surface area contributed by atoms with Gasteiger partial charge in [0.2, 0.25) is 11.1 Å². The van der Waals surface area contributed by atoms with Gasteiger partial charge in [-0.05, 0) is 42.8 Å². The molecule has 0 aliphatic heterocycles. The number of nitrogens with one attached hydrogen (secondary N) is 2. The highest BCUT2D eigenvalue weighted by Gasteiger charge is 2.08. The maximum absolute atomic E-state index is 12.1. The smallest absolute Gasteiger partial charge is 0.234 e. The Hall–Kier alpha value is -3.00. The fraction of sp³-hybridized carbons (Fsp3) is 0.211. The molecule has 0 spiro atoms. The molecular formula is C19H20N6OS. The van der Waals surface area contributed by atoms with Crippen LogP contribution < -0.4 is 5.32 Å². The number of thioether (sulfide) groups is 1. The van der Waals surface area contributed by atoms with E-state index < -0.39 is 0 Å². The van der Waals surface area contributed by atoms with Crippen molar-refractivity contribution >= 4 is 34.7 Å². The SMILES string of the molecule is CCCc1nc(SCC(=O)Nc2ccc(N=Nc3ccccc3)cc2)n[nH]1. The predicted octanol–water partition coefficient (Wildman–Crippen LogP) is 4.90. The zero-order valence-corrected chi connectivity index (χ0v) is 15.7. The summed E-state index contributed by atoms with van der Waals surface area (Å²) in [6, 6.07) is 16.7. The number of amides is 1. The minimum atomic E-state index is -0.111. The van der Waals surface area contributed by atoms with Crippen LogP contribution in [0.15, 0.2) is 70.0 Å². The lowest BCUT2D eigenvalue weighted by molar-refractivity contribution is -0.113. The lowest BCUT2D eigenvalue weighted by Crippen LogP contribution is -2.13. The summed E-state index contributed by atoms with van der Waals surface area (Å²) in [5.41, 5.74) is 2.22. The summed E-state index contributed by atoms with van der Waals surface area (Å²) in [5, 5.41) is 18.7. The van der Waals surface area contributed by atoms with Crippen LogP contribution in [0, 0.1) is 0 Å². The van der Waals surface area contributed by atoms with Gasteiger partial charge in [0, 0.05) is 12.1 Å². The molecular weight excluding hydrogens is 360 g/mol. The number of benzene rings is 2. The van der Waals surface area contributed by atoms with E-state index in [1.165, 1.54) is 11.8 Å².